The molecule has 0 radical (unpaired) electrons. The van der Waals surface area contributed by atoms with Crippen LogP contribution in [0.2, 0.25) is 0 Å². The molecule has 2 N–H and O–H groups in total. The molecule has 158 valence electrons. The van der Waals surface area contributed by atoms with Crippen LogP contribution in [0.1, 0.15) is 48.6 Å². The van der Waals surface area contributed by atoms with Gasteiger partial charge in [-0.1, -0.05) is 37.3 Å². The number of para-hydroxylation sites is 2. The third-order valence-corrected chi connectivity index (χ3v) is 6.98. The van der Waals surface area contributed by atoms with Gasteiger partial charge in [0.05, 0.1) is 24.0 Å². The second kappa shape index (κ2) is 8.60. The second-order valence-electron chi connectivity index (χ2n) is 8.10. The van der Waals surface area contributed by atoms with Gasteiger partial charge in [0.25, 0.3) is 0 Å². The zero-order valence-corrected chi connectivity index (χ0v) is 18.4. The van der Waals surface area contributed by atoms with Crippen molar-refractivity contribution in [2.24, 2.45) is 0 Å². The molecule has 2 aliphatic rings. The van der Waals surface area contributed by atoms with Gasteiger partial charge in [0, 0.05) is 28.5 Å². The number of fused-ring (bicyclic) bond motifs is 1. The highest BCUT2D eigenvalue weighted by molar-refractivity contribution is 7.10. The smallest absolute Gasteiger partial charge is 0.163 e. The predicted octanol–water partition coefficient (Wildman–Crippen LogP) is 6.52. The maximum absolute atomic E-state index is 13.5. The molecule has 1 aromatic heterocycles. The van der Waals surface area contributed by atoms with Crippen LogP contribution >= 0.6 is 11.3 Å². The number of allylic oxidation sites excluding steroid dienone is 1. The molecule has 0 saturated carbocycles. The first-order valence-corrected chi connectivity index (χ1v) is 11.8. The molecular weight excluding hydrogens is 404 g/mol. The molecule has 2 heterocycles. The lowest BCUT2D eigenvalue weighted by Crippen LogP contribution is -2.26. The van der Waals surface area contributed by atoms with Crippen LogP contribution in [0.15, 0.2) is 77.3 Å². The van der Waals surface area contributed by atoms with Gasteiger partial charge in [-0.15, -0.1) is 11.3 Å². The number of hydrogen-bond donors (Lipinski definition) is 2. The summed E-state index contributed by atoms with van der Waals surface area (Å²) in [4.78, 5) is 14.8. The van der Waals surface area contributed by atoms with Crippen molar-refractivity contribution in [2.45, 2.75) is 38.1 Å². The van der Waals surface area contributed by atoms with Gasteiger partial charge in [-0.2, -0.15) is 0 Å². The molecule has 4 nitrogen and oxygen atoms in total. The average Bonchev–Trinajstić information content (AvgIpc) is 3.27. The predicted molar refractivity (Wildman–Crippen MR) is 127 cm³/mol. The Bertz CT molecular complexity index is 1100. The van der Waals surface area contributed by atoms with Crippen LogP contribution in [-0.2, 0) is 4.79 Å². The molecular formula is C26H26N2O2S. The average molecular weight is 431 g/mol. The van der Waals surface area contributed by atoms with Crippen molar-refractivity contribution < 1.29 is 9.53 Å². The zero-order valence-electron chi connectivity index (χ0n) is 17.6. The Kier molecular flexibility index (Phi) is 5.51. The van der Waals surface area contributed by atoms with Gasteiger partial charge in [-0.25, -0.2) is 0 Å². The number of nitrogens with one attached hydrogen (secondary N) is 2. The van der Waals surface area contributed by atoms with E-state index in [1.165, 1.54) is 4.88 Å². The largest absolute Gasteiger partial charge is 0.494 e. The molecule has 2 aromatic carbocycles. The van der Waals surface area contributed by atoms with Crippen LogP contribution < -0.4 is 15.4 Å². The molecule has 0 saturated heterocycles. The number of Topliss-reactive ketones (excluding diaryl/α,β-unsaturated/α-hetero) is 1. The zero-order chi connectivity index (χ0) is 21.2. The number of carbonyl (C=O) groups excluding carboxylic acids is 1. The summed E-state index contributed by atoms with van der Waals surface area (Å²) in [6.45, 7) is 2.80. The molecule has 1 aliphatic heterocycles. The van der Waals surface area contributed by atoms with Crippen LogP contribution in [0, 0.1) is 0 Å². The van der Waals surface area contributed by atoms with E-state index in [2.05, 4.69) is 59.3 Å². The minimum absolute atomic E-state index is 0.192. The van der Waals surface area contributed by atoms with Gasteiger partial charge < -0.3 is 15.4 Å². The lowest BCUT2D eigenvalue weighted by Gasteiger charge is -2.29. The molecule has 31 heavy (non-hydrogen) atoms. The first kappa shape index (κ1) is 19.9. The van der Waals surface area contributed by atoms with Crippen molar-refractivity contribution >= 4 is 28.5 Å². The summed E-state index contributed by atoms with van der Waals surface area (Å²) < 4.78 is 5.75. The van der Waals surface area contributed by atoms with Gasteiger partial charge in [-0.05, 0) is 54.1 Å². The van der Waals surface area contributed by atoms with Gasteiger partial charge >= 0.3 is 0 Å². The van der Waals surface area contributed by atoms with E-state index in [0.717, 1.165) is 46.8 Å². The van der Waals surface area contributed by atoms with E-state index in [0.29, 0.717) is 13.0 Å². The van der Waals surface area contributed by atoms with Crippen molar-refractivity contribution in [3.63, 3.8) is 0 Å². The SMILES string of the molecule is CCCOc1ccc([C@H]2Nc3ccccc3NC3=C2C(=O)C[C@H](c2cccs2)C3)cc1. The maximum atomic E-state index is 13.5. The molecule has 2 atom stereocenters. The third kappa shape index (κ3) is 3.98. The number of rotatable bonds is 5. The third-order valence-electron chi connectivity index (χ3n) is 5.94. The van der Waals surface area contributed by atoms with Crippen molar-refractivity contribution in [3.05, 3.63) is 87.8 Å². The van der Waals surface area contributed by atoms with Crippen molar-refractivity contribution in [1.29, 1.82) is 0 Å². The van der Waals surface area contributed by atoms with E-state index in [4.69, 9.17) is 4.74 Å². The van der Waals surface area contributed by atoms with Crippen LogP contribution in [-0.4, -0.2) is 12.4 Å². The lowest BCUT2D eigenvalue weighted by molar-refractivity contribution is -0.116. The van der Waals surface area contributed by atoms with E-state index in [9.17, 15) is 4.79 Å². The summed E-state index contributed by atoms with van der Waals surface area (Å²) in [7, 11) is 0. The van der Waals surface area contributed by atoms with Crippen molar-refractivity contribution in [3.8, 4) is 5.75 Å². The van der Waals surface area contributed by atoms with Crippen LogP contribution in [0.3, 0.4) is 0 Å². The van der Waals surface area contributed by atoms with Crippen LogP contribution in [0.4, 0.5) is 11.4 Å². The molecule has 5 rings (SSSR count). The Hall–Kier alpha value is -3.05. The van der Waals surface area contributed by atoms with Gasteiger partial charge in [-0.3, -0.25) is 4.79 Å². The van der Waals surface area contributed by atoms with E-state index in [1.807, 2.05) is 24.3 Å². The highest BCUT2D eigenvalue weighted by Crippen LogP contribution is 2.44. The van der Waals surface area contributed by atoms with E-state index < -0.39 is 0 Å². The van der Waals surface area contributed by atoms with Crippen molar-refractivity contribution in [1.82, 2.24) is 0 Å². The Morgan fingerprint density at radius 1 is 1.00 bits per heavy atom. The number of thiophene rings is 1. The normalized spacial score (nSPS) is 20.2. The lowest BCUT2D eigenvalue weighted by atomic mass is 9.81. The molecule has 0 fully saturated rings. The van der Waals surface area contributed by atoms with Crippen molar-refractivity contribution in [2.75, 3.05) is 17.2 Å². The quantitative estimate of drug-likeness (QED) is 0.484. The minimum Gasteiger partial charge on any atom is -0.494 e. The Labute approximate surface area is 187 Å². The van der Waals surface area contributed by atoms with Gasteiger partial charge in [0.15, 0.2) is 5.78 Å². The van der Waals surface area contributed by atoms with Crippen LogP contribution in [0.25, 0.3) is 0 Å². The molecule has 3 aromatic rings. The van der Waals surface area contributed by atoms with Gasteiger partial charge in [0.1, 0.15) is 5.75 Å². The number of benzene rings is 2. The molecule has 5 heteroatoms. The number of ketones is 1. The van der Waals surface area contributed by atoms with E-state index in [-0.39, 0.29) is 17.7 Å². The molecule has 0 spiro atoms. The second-order valence-corrected chi connectivity index (χ2v) is 9.08. The summed E-state index contributed by atoms with van der Waals surface area (Å²) in [5.41, 5.74) is 4.97. The Morgan fingerprint density at radius 3 is 2.55 bits per heavy atom. The van der Waals surface area contributed by atoms with E-state index in [1.54, 1.807) is 11.3 Å². The highest BCUT2D eigenvalue weighted by atomic mass is 32.1. The fourth-order valence-corrected chi connectivity index (χ4v) is 5.27. The highest BCUT2D eigenvalue weighted by Gasteiger charge is 2.36. The van der Waals surface area contributed by atoms with Crippen LogP contribution in [0.5, 0.6) is 5.75 Å². The number of ether oxygens (including phenoxy) is 1. The number of hydrogen-bond acceptors (Lipinski definition) is 5. The fourth-order valence-electron chi connectivity index (χ4n) is 4.44. The monoisotopic (exact) mass is 430 g/mol. The summed E-state index contributed by atoms with van der Waals surface area (Å²) >= 11 is 1.73. The number of anilines is 2. The Balaban J connectivity index is 1.54. The summed E-state index contributed by atoms with van der Waals surface area (Å²) in [6.07, 6.45) is 2.36. The Morgan fingerprint density at radius 2 is 1.81 bits per heavy atom. The first-order valence-electron chi connectivity index (χ1n) is 10.9. The number of carbonyl (C=O) groups is 1. The fraction of sp³-hybridized carbons (Fsp3) is 0.269. The standard InChI is InChI=1S/C26H26N2O2S/c1-2-13-30-19-11-9-17(10-12-19)26-25-22(27-20-6-3-4-7-21(20)28-26)15-18(16-23(25)29)24-8-5-14-31-24/h3-12,14,18,26-28H,2,13,15-16H2,1H3/t18-,26-/m1/s1. The summed E-state index contributed by atoms with van der Waals surface area (Å²) in [5.74, 6) is 1.30. The molecule has 0 bridgehead atoms. The molecule has 1 aliphatic carbocycles. The van der Waals surface area contributed by atoms with E-state index >= 15 is 0 Å². The first-order chi connectivity index (χ1) is 15.2. The topological polar surface area (TPSA) is 50.4 Å². The summed E-state index contributed by atoms with van der Waals surface area (Å²) in [6, 6.07) is 20.3. The minimum atomic E-state index is -0.192. The molecule has 0 amide bonds. The maximum Gasteiger partial charge on any atom is 0.163 e. The summed E-state index contributed by atoms with van der Waals surface area (Å²) in [5, 5.41) is 9.33. The molecule has 0 unspecified atom stereocenters. The van der Waals surface area contributed by atoms with Gasteiger partial charge in [0.2, 0.25) is 0 Å².